The molecule has 12 heteroatoms. The van der Waals surface area contributed by atoms with Gasteiger partial charge in [0.05, 0.1) is 0 Å². The molecule has 8 nitrogen and oxygen atoms in total. The molecule has 71 valence electrons. The monoisotopic (exact) mass is 275 g/mol. The van der Waals surface area contributed by atoms with Gasteiger partial charge >= 0.3 is 39.8 Å². The third kappa shape index (κ3) is 1080. The standard InChI is InChI=1S/Co.Mg.2H2O4S/c;;2*1-5(2,3)4/h;;2*(H2,1,2,3,4)/q2*+2;;/p-4. The zero-order valence-corrected chi connectivity index (χ0v) is 9.21. The van der Waals surface area contributed by atoms with E-state index in [1.165, 1.54) is 0 Å². The molecule has 0 saturated heterocycles. The van der Waals surface area contributed by atoms with E-state index in [0.717, 1.165) is 0 Å². The Kier molecular flexibility index (Phi) is 16.6. The van der Waals surface area contributed by atoms with Crippen molar-refractivity contribution in [2.24, 2.45) is 0 Å². The predicted octanol–water partition coefficient (Wildman–Crippen LogP) is -3.06. The maximum absolute atomic E-state index is 8.52. The van der Waals surface area contributed by atoms with Crippen LogP contribution in [0.25, 0.3) is 0 Å². The van der Waals surface area contributed by atoms with Crippen LogP contribution < -0.4 is 0 Å². The topological polar surface area (TPSA) is 161 Å². The molecule has 0 atom stereocenters. The van der Waals surface area contributed by atoms with E-state index in [-0.39, 0.29) is 39.8 Å². The molecule has 0 fully saturated rings. The summed E-state index contributed by atoms with van der Waals surface area (Å²) in [4.78, 5) is 0. The van der Waals surface area contributed by atoms with Crippen molar-refractivity contribution in [1.29, 1.82) is 0 Å². The normalized spacial score (nSPS) is 9.67. The van der Waals surface area contributed by atoms with E-state index in [1.54, 1.807) is 0 Å². The van der Waals surface area contributed by atoms with Gasteiger partial charge < -0.3 is 18.2 Å². The number of hydrogen-bond acceptors (Lipinski definition) is 8. The molecule has 0 N–H and O–H groups in total. The van der Waals surface area contributed by atoms with E-state index in [1.807, 2.05) is 0 Å². The molecule has 0 rings (SSSR count). The average molecular weight is 275 g/mol. The molecule has 0 aromatic heterocycles. The molecule has 0 amide bonds. The summed E-state index contributed by atoms with van der Waals surface area (Å²) in [6, 6.07) is 0. The second kappa shape index (κ2) is 8.60. The van der Waals surface area contributed by atoms with Gasteiger partial charge in [0.2, 0.25) is 0 Å². The second-order valence-electron chi connectivity index (χ2n) is 0.816. The Hall–Kier alpha value is 1.01. The number of hydrogen-bond donors (Lipinski definition) is 0. The molecule has 0 heterocycles. The van der Waals surface area contributed by atoms with Gasteiger partial charge in [0.25, 0.3) is 0 Å². The van der Waals surface area contributed by atoms with Gasteiger partial charge in [-0.25, -0.2) is 0 Å². The van der Waals surface area contributed by atoms with Gasteiger partial charge in [0.15, 0.2) is 0 Å². The van der Waals surface area contributed by atoms with Crippen LogP contribution in [0.1, 0.15) is 0 Å². The van der Waals surface area contributed by atoms with Crippen molar-refractivity contribution in [2.45, 2.75) is 0 Å². The van der Waals surface area contributed by atoms with Gasteiger partial charge in [-0.15, -0.1) is 0 Å². The Morgan fingerprint density at radius 1 is 0.667 bits per heavy atom. The SMILES string of the molecule is O=S(=O)([O-])[O-].O=S(=O)([O-])[O-].[Co+2].[Mg+2]. The summed E-state index contributed by atoms with van der Waals surface area (Å²) >= 11 is 0. The van der Waals surface area contributed by atoms with Crippen LogP contribution in [0.2, 0.25) is 0 Å². The van der Waals surface area contributed by atoms with Gasteiger partial charge in [-0.2, -0.15) is 0 Å². The second-order valence-corrected chi connectivity index (χ2v) is 2.45. The average Bonchev–Trinajstić information content (AvgIpc) is 1.12. The smallest absolute Gasteiger partial charge is 0.759 e. The van der Waals surface area contributed by atoms with Gasteiger partial charge in [-0.3, -0.25) is 16.8 Å². The van der Waals surface area contributed by atoms with Crippen molar-refractivity contribution < 1.29 is 51.8 Å². The van der Waals surface area contributed by atoms with Crippen molar-refractivity contribution in [2.75, 3.05) is 0 Å². The molecule has 1 radical (unpaired) electrons. The molecule has 0 aliphatic carbocycles. The van der Waals surface area contributed by atoms with Crippen LogP contribution in [0, 0.1) is 0 Å². The van der Waals surface area contributed by atoms with Gasteiger partial charge in [0.1, 0.15) is 0 Å². The summed E-state index contributed by atoms with van der Waals surface area (Å²) in [5.41, 5.74) is 0. The van der Waals surface area contributed by atoms with E-state index in [9.17, 15) is 0 Å². The van der Waals surface area contributed by atoms with Crippen LogP contribution >= 0.6 is 0 Å². The fourth-order valence-corrected chi connectivity index (χ4v) is 0. The van der Waals surface area contributed by atoms with Crippen molar-refractivity contribution in [3.05, 3.63) is 0 Å². The maximum atomic E-state index is 8.52. The molecule has 0 saturated carbocycles. The molecule has 0 aliphatic rings. The fourth-order valence-electron chi connectivity index (χ4n) is 0. The summed E-state index contributed by atoms with van der Waals surface area (Å²) in [6.07, 6.45) is 0. The molecule has 0 aliphatic heterocycles. The summed E-state index contributed by atoms with van der Waals surface area (Å²) in [5, 5.41) is 0. The maximum Gasteiger partial charge on any atom is 2.00 e. The zero-order chi connectivity index (χ0) is 9.00. The van der Waals surface area contributed by atoms with Crippen molar-refractivity contribution >= 4 is 43.9 Å². The van der Waals surface area contributed by atoms with E-state index < -0.39 is 20.8 Å². The minimum atomic E-state index is -5.17. The van der Waals surface area contributed by atoms with Crippen LogP contribution in [-0.2, 0) is 37.6 Å². The van der Waals surface area contributed by atoms with Crippen LogP contribution in [0.4, 0.5) is 0 Å². The zero-order valence-electron chi connectivity index (χ0n) is 5.12. The van der Waals surface area contributed by atoms with Crippen molar-refractivity contribution in [1.82, 2.24) is 0 Å². The van der Waals surface area contributed by atoms with E-state index in [0.29, 0.717) is 0 Å². The van der Waals surface area contributed by atoms with Crippen LogP contribution in [0.3, 0.4) is 0 Å². The minimum Gasteiger partial charge on any atom is -0.759 e. The van der Waals surface area contributed by atoms with Crippen LogP contribution in [0.15, 0.2) is 0 Å². The third-order valence-electron chi connectivity index (χ3n) is 0. The molecule has 0 unspecified atom stereocenters. The molecule has 0 aromatic rings. The Labute approximate surface area is 95.2 Å². The molecule has 0 spiro atoms. The first-order valence-corrected chi connectivity index (χ1v) is 4.00. The van der Waals surface area contributed by atoms with E-state index in [4.69, 9.17) is 35.0 Å². The summed E-state index contributed by atoms with van der Waals surface area (Å²) < 4.78 is 68.2. The molecule has 0 aromatic carbocycles. The Morgan fingerprint density at radius 3 is 0.667 bits per heavy atom. The molecule has 12 heavy (non-hydrogen) atoms. The largest absolute Gasteiger partial charge is 2.00 e. The van der Waals surface area contributed by atoms with E-state index >= 15 is 0 Å². The fraction of sp³-hybridized carbons (Fsp3) is 0. The molecular weight excluding hydrogens is 275 g/mol. The molecular formula is CoMgO8S2. The Morgan fingerprint density at radius 2 is 0.667 bits per heavy atom. The Bertz CT molecular complexity index is 213. The predicted molar refractivity (Wildman–Crippen MR) is 26.7 cm³/mol. The van der Waals surface area contributed by atoms with Crippen LogP contribution in [-0.4, -0.2) is 58.1 Å². The summed E-state index contributed by atoms with van der Waals surface area (Å²) in [7, 11) is -10.3. The van der Waals surface area contributed by atoms with Crippen LogP contribution in [0.5, 0.6) is 0 Å². The first-order valence-electron chi connectivity index (χ1n) is 1.33. The Balaban J connectivity index is -0.0000000457. The van der Waals surface area contributed by atoms with Gasteiger partial charge in [0, 0.05) is 20.8 Å². The summed E-state index contributed by atoms with van der Waals surface area (Å²) in [6.45, 7) is 0. The first kappa shape index (κ1) is 23.1. The quantitative estimate of drug-likeness (QED) is 0.256. The van der Waals surface area contributed by atoms with Crippen molar-refractivity contribution in [3.8, 4) is 0 Å². The van der Waals surface area contributed by atoms with Crippen molar-refractivity contribution in [3.63, 3.8) is 0 Å². The number of rotatable bonds is 0. The first-order chi connectivity index (χ1) is 4.00. The summed E-state index contributed by atoms with van der Waals surface area (Å²) in [5.74, 6) is 0. The third-order valence-corrected chi connectivity index (χ3v) is 0. The molecule has 0 bridgehead atoms. The van der Waals surface area contributed by atoms with Gasteiger partial charge in [-0.1, -0.05) is 0 Å². The minimum absolute atomic E-state index is 0. The van der Waals surface area contributed by atoms with Gasteiger partial charge in [-0.05, 0) is 0 Å². The van der Waals surface area contributed by atoms with E-state index in [2.05, 4.69) is 0 Å².